The summed E-state index contributed by atoms with van der Waals surface area (Å²) < 4.78 is 0. The molecule has 0 saturated carbocycles. The fraction of sp³-hybridized carbons (Fsp3) is 0.261. The number of hydrogen-bond acceptors (Lipinski definition) is 1. The van der Waals surface area contributed by atoms with Crippen LogP contribution in [-0.4, -0.2) is 5.78 Å². The standard InChI is InChI=1S/C23H26O/c1-3-4-6-13-22(14-9-12-20-10-7-5-8-11-20)23-17-15-21(16-18-23)19(2)24/h5,7-13,15-18H,3-4,6,14H2,1-2H3/b12-9+,22-13+. The van der Waals surface area contributed by atoms with Crippen molar-refractivity contribution in [2.75, 3.05) is 0 Å². The number of allylic oxidation sites excluding steroid dienone is 3. The van der Waals surface area contributed by atoms with Crippen molar-refractivity contribution in [1.82, 2.24) is 0 Å². The maximum absolute atomic E-state index is 11.4. The highest BCUT2D eigenvalue weighted by Gasteiger charge is 2.03. The Labute approximate surface area is 145 Å². The van der Waals surface area contributed by atoms with Crippen molar-refractivity contribution in [3.05, 3.63) is 83.4 Å². The van der Waals surface area contributed by atoms with E-state index in [4.69, 9.17) is 0 Å². The normalized spacial score (nSPS) is 11.8. The molecule has 0 bridgehead atoms. The quantitative estimate of drug-likeness (QED) is 0.397. The summed E-state index contributed by atoms with van der Waals surface area (Å²) in [5.41, 5.74) is 4.52. The lowest BCUT2D eigenvalue weighted by Gasteiger charge is -2.07. The first-order valence-corrected chi connectivity index (χ1v) is 8.72. The zero-order valence-corrected chi connectivity index (χ0v) is 14.7. The van der Waals surface area contributed by atoms with Gasteiger partial charge < -0.3 is 0 Å². The molecular weight excluding hydrogens is 292 g/mol. The molecule has 0 aliphatic rings. The van der Waals surface area contributed by atoms with Crippen LogP contribution in [0.2, 0.25) is 0 Å². The average molecular weight is 318 g/mol. The zero-order valence-electron chi connectivity index (χ0n) is 14.7. The Bertz CT molecular complexity index is 691. The molecule has 0 heterocycles. The minimum atomic E-state index is 0.113. The lowest BCUT2D eigenvalue weighted by Crippen LogP contribution is -1.92. The first-order chi connectivity index (χ1) is 11.7. The van der Waals surface area contributed by atoms with Gasteiger partial charge in [-0.25, -0.2) is 0 Å². The molecule has 0 unspecified atom stereocenters. The molecule has 0 N–H and O–H groups in total. The Morgan fingerprint density at radius 1 is 0.958 bits per heavy atom. The van der Waals surface area contributed by atoms with Crippen molar-refractivity contribution >= 4 is 17.4 Å². The number of ketones is 1. The summed E-state index contributed by atoms with van der Waals surface area (Å²) in [6.45, 7) is 3.82. The third-order valence-corrected chi connectivity index (χ3v) is 4.06. The predicted molar refractivity (Wildman–Crippen MR) is 104 cm³/mol. The lowest BCUT2D eigenvalue weighted by atomic mass is 9.98. The Morgan fingerprint density at radius 3 is 2.25 bits per heavy atom. The highest BCUT2D eigenvalue weighted by atomic mass is 16.1. The molecule has 0 saturated heterocycles. The van der Waals surface area contributed by atoms with Crippen LogP contribution in [-0.2, 0) is 0 Å². The maximum Gasteiger partial charge on any atom is 0.159 e. The van der Waals surface area contributed by atoms with E-state index in [1.807, 2.05) is 18.2 Å². The molecule has 0 atom stereocenters. The average Bonchev–Trinajstić information content (AvgIpc) is 2.61. The first kappa shape index (κ1) is 17.9. The van der Waals surface area contributed by atoms with Gasteiger partial charge in [-0.1, -0.05) is 92.6 Å². The highest BCUT2D eigenvalue weighted by Crippen LogP contribution is 2.22. The van der Waals surface area contributed by atoms with Crippen LogP contribution < -0.4 is 0 Å². The number of carbonyl (C=O) groups excluding carboxylic acids is 1. The summed E-state index contributed by atoms with van der Waals surface area (Å²) in [6.07, 6.45) is 11.1. The Hall–Kier alpha value is -2.41. The molecule has 0 spiro atoms. The minimum absolute atomic E-state index is 0.113. The van der Waals surface area contributed by atoms with E-state index in [-0.39, 0.29) is 5.78 Å². The van der Waals surface area contributed by atoms with Crippen LogP contribution >= 0.6 is 0 Å². The third-order valence-electron chi connectivity index (χ3n) is 4.06. The van der Waals surface area contributed by atoms with E-state index >= 15 is 0 Å². The Kier molecular flexibility index (Phi) is 7.22. The number of rotatable bonds is 8. The van der Waals surface area contributed by atoms with Crippen molar-refractivity contribution in [2.45, 2.75) is 39.5 Å². The summed E-state index contributed by atoms with van der Waals surface area (Å²) >= 11 is 0. The van der Waals surface area contributed by atoms with Gasteiger partial charge in [-0.15, -0.1) is 0 Å². The summed E-state index contributed by atoms with van der Waals surface area (Å²) in [5, 5.41) is 0. The predicted octanol–water partition coefficient (Wildman–Crippen LogP) is 6.57. The molecule has 1 nitrogen and oxygen atoms in total. The highest BCUT2D eigenvalue weighted by molar-refractivity contribution is 5.94. The van der Waals surface area contributed by atoms with Crippen LogP contribution in [0.4, 0.5) is 0 Å². The lowest BCUT2D eigenvalue weighted by molar-refractivity contribution is 0.101. The van der Waals surface area contributed by atoms with E-state index in [0.717, 1.165) is 18.4 Å². The molecule has 0 amide bonds. The van der Waals surface area contributed by atoms with Crippen molar-refractivity contribution in [2.24, 2.45) is 0 Å². The molecule has 0 radical (unpaired) electrons. The van der Waals surface area contributed by atoms with Crippen molar-refractivity contribution in [3.63, 3.8) is 0 Å². The van der Waals surface area contributed by atoms with Crippen LogP contribution in [0.3, 0.4) is 0 Å². The van der Waals surface area contributed by atoms with Gasteiger partial charge in [0.15, 0.2) is 5.78 Å². The van der Waals surface area contributed by atoms with Crippen molar-refractivity contribution in [1.29, 1.82) is 0 Å². The van der Waals surface area contributed by atoms with E-state index in [1.165, 1.54) is 29.5 Å². The molecule has 1 heteroatoms. The molecule has 0 fully saturated rings. The molecule has 2 aromatic carbocycles. The second-order valence-electron chi connectivity index (χ2n) is 6.02. The molecular formula is C23H26O. The van der Waals surface area contributed by atoms with E-state index < -0.39 is 0 Å². The van der Waals surface area contributed by atoms with Gasteiger partial charge in [0.05, 0.1) is 0 Å². The Balaban J connectivity index is 2.13. The van der Waals surface area contributed by atoms with Crippen molar-refractivity contribution < 1.29 is 4.79 Å². The molecule has 2 rings (SSSR count). The molecule has 2 aromatic rings. The molecule has 24 heavy (non-hydrogen) atoms. The number of Topliss-reactive ketones (excluding diaryl/α,β-unsaturated/α-hetero) is 1. The molecule has 124 valence electrons. The van der Waals surface area contributed by atoms with Gasteiger partial charge in [0.25, 0.3) is 0 Å². The number of carbonyl (C=O) groups is 1. The summed E-state index contributed by atoms with van der Waals surface area (Å²) in [4.78, 5) is 11.4. The van der Waals surface area contributed by atoms with E-state index in [1.54, 1.807) is 6.92 Å². The second-order valence-corrected chi connectivity index (χ2v) is 6.02. The largest absolute Gasteiger partial charge is 0.295 e. The van der Waals surface area contributed by atoms with E-state index in [0.29, 0.717) is 0 Å². The minimum Gasteiger partial charge on any atom is -0.295 e. The summed E-state index contributed by atoms with van der Waals surface area (Å²) in [7, 11) is 0. The van der Waals surface area contributed by atoms with Crippen molar-refractivity contribution in [3.8, 4) is 0 Å². The monoisotopic (exact) mass is 318 g/mol. The fourth-order valence-electron chi connectivity index (χ4n) is 2.60. The molecule has 0 aromatic heterocycles. The van der Waals surface area contributed by atoms with E-state index in [2.05, 4.69) is 61.5 Å². The van der Waals surface area contributed by atoms with E-state index in [9.17, 15) is 4.79 Å². The van der Waals surface area contributed by atoms with Gasteiger partial charge in [-0.2, -0.15) is 0 Å². The number of unbranched alkanes of at least 4 members (excludes halogenated alkanes) is 2. The molecule has 0 aliphatic heterocycles. The summed E-state index contributed by atoms with van der Waals surface area (Å²) in [5.74, 6) is 0.113. The van der Waals surface area contributed by atoms with Crippen LogP contribution in [0, 0.1) is 0 Å². The smallest absolute Gasteiger partial charge is 0.159 e. The van der Waals surface area contributed by atoms with Gasteiger partial charge in [-0.3, -0.25) is 4.79 Å². The Morgan fingerprint density at radius 2 is 1.62 bits per heavy atom. The second kappa shape index (κ2) is 9.67. The maximum atomic E-state index is 11.4. The van der Waals surface area contributed by atoms with Gasteiger partial charge >= 0.3 is 0 Å². The SMILES string of the molecule is CCCC/C=C(\C/C=C/c1ccccc1)c1ccc(C(C)=O)cc1. The van der Waals surface area contributed by atoms with Gasteiger partial charge in [0, 0.05) is 5.56 Å². The molecule has 0 aliphatic carbocycles. The topological polar surface area (TPSA) is 17.1 Å². The number of hydrogen-bond donors (Lipinski definition) is 0. The number of benzene rings is 2. The van der Waals surface area contributed by atoms with Gasteiger partial charge in [0.2, 0.25) is 0 Å². The van der Waals surface area contributed by atoms with Crippen LogP contribution in [0.5, 0.6) is 0 Å². The summed E-state index contributed by atoms with van der Waals surface area (Å²) in [6, 6.07) is 18.3. The van der Waals surface area contributed by atoms with Crippen LogP contribution in [0.1, 0.15) is 61.0 Å². The van der Waals surface area contributed by atoms with Gasteiger partial charge in [-0.05, 0) is 36.5 Å². The fourth-order valence-corrected chi connectivity index (χ4v) is 2.60. The van der Waals surface area contributed by atoms with Crippen LogP contribution in [0.25, 0.3) is 11.6 Å². The third kappa shape index (κ3) is 5.66. The van der Waals surface area contributed by atoms with Gasteiger partial charge in [0.1, 0.15) is 0 Å². The van der Waals surface area contributed by atoms with Crippen LogP contribution in [0.15, 0.2) is 66.7 Å². The zero-order chi connectivity index (χ0) is 17.2. The first-order valence-electron chi connectivity index (χ1n) is 8.72.